The first-order valence-electron chi connectivity index (χ1n) is 5.70. The van der Waals surface area contributed by atoms with Crippen molar-refractivity contribution >= 4 is 5.78 Å². The summed E-state index contributed by atoms with van der Waals surface area (Å²) in [6.07, 6.45) is 5.12. The third-order valence-corrected chi connectivity index (χ3v) is 2.52. The molecule has 1 rings (SSSR count). The highest BCUT2D eigenvalue weighted by Gasteiger charge is 2.11. The fraction of sp³-hybridized carbons (Fsp3) is 0.615. The standard InChI is InChI=1S/C13H21NO/c1-10(2)5-7-14-8-6-12(9-14)13(15)11(3)4/h6,8-11H,5,7H2,1-4H3. The van der Waals surface area contributed by atoms with E-state index in [-0.39, 0.29) is 11.7 Å². The summed E-state index contributed by atoms with van der Waals surface area (Å²) in [6, 6.07) is 1.92. The molecule has 0 aliphatic heterocycles. The van der Waals surface area contributed by atoms with E-state index in [0.29, 0.717) is 5.92 Å². The number of hydrogen-bond donors (Lipinski definition) is 0. The largest absolute Gasteiger partial charge is 0.353 e. The van der Waals surface area contributed by atoms with Crippen molar-refractivity contribution in [1.29, 1.82) is 0 Å². The molecule has 0 atom stereocenters. The average Bonchev–Trinajstić information content (AvgIpc) is 2.61. The highest BCUT2D eigenvalue weighted by molar-refractivity contribution is 5.97. The maximum absolute atomic E-state index is 11.7. The summed E-state index contributed by atoms with van der Waals surface area (Å²) in [4.78, 5) is 11.7. The summed E-state index contributed by atoms with van der Waals surface area (Å²) >= 11 is 0. The SMILES string of the molecule is CC(C)CCn1ccc(C(=O)C(C)C)c1. The van der Waals surface area contributed by atoms with Crippen LogP contribution in [0, 0.1) is 11.8 Å². The summed E-state index contributed by atoms with van der Waals surface area (Å²) in [7, 11) is 0. The Labute approximate surface area is 92.3 Å². The highest BCUT2D eigenvalue weighted by atomic mass is 16.1. The molecule has 0 aliphatic rings. The Morgan fingerprint density at radius 3 is 2.53 bits per heavy atom. The van der Waals surface area contributed by atoms with Crippen molar-refractivity contribution in [3.63, 3.8) is 0 Å². The Morgan fingerprint density at radius 2 is 2.00 bits per heavy atom. The molecule has 0 aliphatic carbocycles. The third kappa shape index (κ3) is 3.54. The molecular formula is C13H21NO. The lowest BCUT2D eigenvalue weighted by Crippen LogP contribution is -2.06. The Hall–Kier alpha value is -1.05. The zero-order valence-corrected chi connectivity index (χ0v) is 10.2. The Kier molecular flexibility index (Phi) is 4.13. The van der Waals surface area contributed by atoms with Gasteiger partial charge in [0.1, 0.15) is 0 Å². The molecule has 2 heteroatoms. The second-order valence-corrected chi connectivity index (χ2v) is 4.84. The minimum atomic E-state index is 0.0888. The number of carbonyl (C=O) groups excluding carboxylic acids is 1. The van der Waals surface area contributed by atoms with E-state index in [1.807, 2.05) is 32.3 Å². The molecule has 0 amide bonds. The van der Waals surface area contributed by atoms with Crippen molar-refractivity contribution in [2.45, 2.75) is 40.7 Å². The van der Waals surface area contributed by atoms with E-state index in [0.717, 1.165) is 18.5 Å². The van der Waals surface area contributed by atoms with Crippen LogP contribution in [-0.4, -0.2) is 10.4 Å². The molecule has 0 unspecified atom stereocenters. The van der Waals surface area contributed by atoms with Gasteiger partial charge in [-0.15, -0.1) is 0 Å². The number of carbonyl (C=O) groups is 1. The van der Waals surface area contributed by atoms with Gasteiger partial charge < -0.3 is 4.57 Å². The van der Waals surface area contributed by atoms with Gasteiger partial charge in [0, 0.05) is 30.4 Å². The monoisotopic (exact) mass is 207 g/mol. The zero-order valence-electron chi connectivity index (χ0n) is 10.2. The zero-order chi connectivity index (χ0) is 11.4. The number of nitrogens with zero attached hydrogens (tertiary/aromatic N) is 1. The van der Waals surface area contributed by atoms with Crippen LogP contribution in [0.5, 0.6) is 0 Å². The second kappa shape index (κ2) is 5.15. The molecule has 0 aromatic carbocycles. The maximum atomic E-state index is 11.7. The molecule has 0 spiro atoms. The molecule has 0 N–H and O–H groups in total. The van der Waals surface area contributed by atoms with Crippen LogP contribution in [0.25, 0.3) is 0 Å². The molecule has 0 radical (unpaired) electrons. The minimum Gasteiger partial charge on any atom is -0.353 e. The predicted octanol–water partition coefficient (Wildman–Crippen LogP) is 3.37. The van der Waals surface area contributed by atoms with Crippen molar-refractivity contribution in [2.75, 3.05) is 0 Å². The van der Waals surface area contributed by atoms with Crippen molar-refractivity contribution in [2.24, 2.45) is 11.8 Å². The van der Waals surface area contributed by atoms with E-state index < -0.39 is 0 Å². The quantitative estimate of drug-likeness (QED) is 0.678. The van der Waals surface area contributed by atoms with Crippen LogP contribution >= 0.6 is 0 Å². The molecule has 1 heterocycles. The molecule has 15 heavy (non-hydrogen) atoms. The van der Waals surface area contributed by atoms with E-state index in [2.05, 4.69) is 18.4 Å². The van der Waals surface area contributed by atoms with E-state index in [1.165, 1.54) is 0 Å². The lowest BCUT2D eigenvalue weighted by molar-refractivity contribution is 0.0939. The van der Waals surface area contributed by atoms with Gasteiger partial charge in [0.25, 0.3) is 0 Å². The number of rotatable bonds is 5. The van der Waals surface area contributed by atoms with E-state index in [4.69, 9.17) is 0 Å². The summed E-state index contributed by atoms with van der Waals surface area (Å²) < 4.78 is 2.11. The van der Waals surface area contributed by atoms with Crippen LogP contribution in [0.15, 0.2) is 18.5 Å². The molecule has 0 fully saturated rings. The topological polar surface area (TPSA) is 22.0 Å². The summed E-state index contributed by atoms with van der Waals surface area (Å²) in [5.74, 6) is 1.03. The van der Waals surface area contributed by atoms with Gasteiger partial charge in [0.15, 0.2) is 5.78 Å². The number of hydrogen-bond acceptors (Lipinski definition) is 1. The number of ketones is 1. The first kappa shape index (κ1) is 12.0. The molecular weight excluding hydrogens is 186 g/mol. The van der Waals surface area contributed by atoms with E-state index >= 15 is 0 Å². The Balaban J connectivity index is 2.60. The number of aromatic nitrogens is 1. The lowest BCUT2D eigenvalue weighted by atomic mass is 10.0. The van der Waals surface area contributed by atoms with Crippen LogP contribution < -0.4 is 0 Å². The summed E-state index contributed by atoms with van der Waals surface area (Å²) in [5, 5.41) is 0. The normalized spacial score (nSPS) is 11.3. The summed E-state index contributed by atoms with van der Waals surface area (Å²) in [5.41, 5.74) is 0.841. The van der Waals surface area contributed by atoms with Crippen LogP contribution in [0.1, 0.15) is 44.5 Å². The van der Waals surface area contributed by atoms with Crippen LogP contribution in [0.2, 0.25) is 0 Å². The maximum Gasteiger partial charge on any atom is 0.166 e. The van der Waals surface area contributed by atoms with E-state index in [1.54, 1.807) is 0 Å². The molecule has 0 saturated heterocycles. The second-order valence-electron chi connectivity index (χ2n) is 4.84. The molecule has 1 aromatic heterocycles. The van der Waals surface area contributed by atoms with Gasteiger partial charge in [0.05, 0.1) is 0 Å². The molecule has 1 aromatic rings. The molecule has 2 nitrogen and oxygen atoms in total. The van der Waals surface area contributed by atoms with Crippen LogP contribution in [0.3, 0.4) is 0 Å². The first-order chi connectivity index (χ1) is 7.00. The lowest BCUT2D eigenvalue weighted by Gasteiger charge is -2.05. The minimum absolute atomic E-state index is 0.0888. The fourth-order valence-corrected chi connectivity index (χ4v) is 1.47. The van der Waals surface area contributed by atoms with Gasteiger partial charge in [-0.2, -0.15) is 0 Å². The number of aryl methyl sites for hydroxylation is 1. The highest BCUT2D eigenvalue weighted by Crippen LogP contribution is 2.10. The first-order valence-corrected chi connectivity index (χ1v) is 5.70. The van der Waals surface area contributed by atoms with Crippen LogP contribution in [-0.2, 0) is 6.54 Å². The summed E-state index contributed by atoms with van der Waals surface area (Å²) in [6.45, 7) is 9.30. The van der Waals surface area contributed by atoms with Crippen LogP contribution in [0.4, 0.5) is 0 Å². The molecule has 0 bridgehead atoms. The average molecular weight is 207 g/mol. The van der Waals surface area contributed by atoms with Gasteiger partial charge in [-0.1, -0.05) is 27.7 Å². The fourth-order valence-electron chi connectivity index (χ4n) is 1.47. The van der Waals surface area contributed by atoms with Gasteiger partial charge in [-0.3, -0.25) is 4.79 Å². The van der Waals surface area contributed by atoms with Crippen molar-refractivity contribution in [3.05, 3.63) is 24.0 Å². The number of Topliss-reactive ketones (excluding diaryl/α,β-unsaturated/α-hetero) is 1. The smallest absolute Gasteiger partial charge is 0.166 e. The van der Waals surface area contributed by atoms with Crippen molar-refractivity contribution in [3.8, 4) is 0 Å². The Bertz CT molecular complexity index is 323. The molecule has 84 valence electrons. The van der Waals surface area contributed by atoms with Crippen molar-refractivity contribution in [1.82, 2.24) is 4.57 Å². The molecule has 0 saturated carbocycles. The Morgan fingerprint density at radius 1 is 1.33 bits per heavy atom. The third-order valence-electron chi connectivity index (χ3n) is 2.52. The predicted molar refractivity (Wildman–Crippen MR) is 63.1 cm³/mol. The van der Waals surface area contributed by atoms with Gasteiger partial charge >= 0.3 is 0 Å². The van der Waals surface area contributed by atoms with Gasteiger partial charge in [-0.05, 0) is 18.4 Å². The van der Waals surface area contributed by atoms with Gasteiger partial charge in [0.2, 0.25) is 0 Å². The van der Waals surface area contributed by atoms with Gasteiger partial charge in [-0.25, -0.2) is 0 Å². The van der Waals surface area contributed by atoms with E-state index in [9.17, 15) is 4.79 Å². The van der Waals surface area contributed by atoms with Crippen molar-refractivity contribution < 1.29 is 4.79 Å².